The average molecular weight is 237 g/mol. The van der Waals surface area contributed by atoms with E-state index in [-0.39, 0.29) is 12.2 Å². The minimum atomic E-state index is -0.997. The number of carboxylic acid groups (broad SMARTS) is 1. The van der Waals surface area contributed by atoms with E-state index < -0.39 is 5.97 Å². The summed E-state index contributed by atoms with van der Waals surface area (Å²) in [5, 5.41) is 14.2. The SMILES string of the molecule is NCN(C=S)/N=C/c1ccccc1C(=O)O. The first-order valence-electron chi connectivity index (χ1n) is 4.47. The van der Waals surface area contributed by atoms with Crippen LogP contribution in [0.3, 0.4) is 0 Å². The van der Waals surface area contributed by atoms with Gasteiger partial charge in [-0.3, -0.25) is 0 Å². The fraction of sp³-hybridized carbons (Fsp3) is 0.100. The van der Waals surface area contributed by atoms with Gasteiger partial charge in [0.1, 0.15) is 0 Å². The highest BCUT2D eigenvalue weighted by molar-refractivity contribution is 7.78. The second kappa shape index (κ2) is 5.94. The van der Waals surface area contributed by atoms with E-state index in [0.29, 0.717) is 5.56 Å². The second-order valence-corrected chi connectivity index (χ2v) is 3.08. The van der Waals surface area contributed by atoms with Gasteiger partial charge >= 0.3 is 5.97 Å². The molecule has 0 aliphatic rings. The number of hydrogen-bond acceptors (Lipinski definition) is 4. The van der Waals surface area contributed by atoms with Gasteiger partial charge in [0.05, 0.1) is 23.9 Å². The molecule has 0 aliphatic heterocycles. The largest absolute Gasteiger partial charge is 0.478 e. The van der Waals surface area contributed by atoms with Gasteiger partial charge in [-0.2, -0.15) is 5.10 Å². The van der Waals surface area contributed by atoms with E-state index in [1.807, 2.05) is 0 Å². The molecule has 1 aromatic rings. The number of aromatic carboxylic acids is 1. The van der Waals surface area contributed by atoms with Gasteiger partial charge in [0.15, 0.2) is 0 Å². The zero-order valence-electron chi connectivity index (χ0n) is 8.41. The van der Waals surface area contributed by atoms with Crippen molar-refractivity contribution in [2.24, 2.45) is 10.8 Å². The van der Waals surface area contributed by atoms with E-state index in [4.69, 9.17) is 10.8 Å². The Bertz CT molecular complexity index is 420. The lowest BCUT2D eigenvalue weighted by Gasteiger charge is -2.08. The van der Waals surface area contributed by atoms with E-state index in [2.05, 4.69) is 17.3 Å². The van der Waals surface area contributed by atoms with Gasteiger partial charge in [-0.15, -0.1) is 0 Å². The van der Waals surface area contributed by atoms with Gasteiger partial charge in [0.25, 0.3) is 0 Å². The van der Waals surface area contributed by atoms with Crippen molar-refractivity contribution in [3.05, 3.63) is 35.4 Å². The highest BCUT2D eigenvalue weighted by Gasteiger charge is 2.06. The fourth-order valence-electron chi connectivity index (χ4n) is 1.06. The molecule has 0 bridgehead atoms. The number of nitrogens with zero attached hydrogens (tertiary/aromatic N) is 2. The summed E-state index contributed by atoms with van der Waals surface area (Å²) in [5.41, 5.74) is 7.33. The summed E-state index contributed by atoms with van der Waals surface area (Å²) in [5.74, 6) is -0.997. The Morgan fingerprint density at radius 3 is 2.81 bits per heavy atom. The summed E-state index contributed by atoms with van der Waals surface area (Å²) < 4.78 is 0. The zero-order chi connectivity index (χ0) is 12.0. The first kappa shape index (κ1) is 12.3. The molecule has 1 aromatic carbocycles. The maximum Gasteiger partial charge on any atom is 0.336 e. The molecule has 0 saturated heterocycles. The molecule has 0 unspecified atom stereocenters. The Morgan fingerprint density at radius 1 is 1.56 bits per heavy atom. The average Bonchev–Trinajstić information content (AvgIpc) is 2.30. The van der Waals surface area contributed by atoms with Crippen molar-refractivity contribution < 1.29 is 9.90 Å². The molecule has 5 nitrogen and oxygen atoms in total. The van der Waals surface area contributed by atoms with Crippen LogP contribution in [0.1, 0.15) is 15.9 Å². The quantitative estimate of drug-likeness (QED) is 0.344. The summed E-state index contributed by atoms with van der Waals surface area (Å²) >= 11 is 4.66. The molecule has 84 valence electrons. The Labute approximate surface area is 98.2 Å². The number of benzene rings is 1. The van der Waals surface area contributed by atoms with Gasteiger partial charge < -0.3 is 10.8 Å². The number of rotatable bonds is 5. The van der Waals surface area contributed by atoms with E-state index in [1.165, 1.54) is 22.8 Å². The molecule has 0 aromatic heterocycles. The van der Waals surface area contributed by atoms with Gasteiger partial charge in [-0.05, 0) is 6.07 Å². The van der Waals surface area contributed by atoms with Gasteiger partial charge in [0, 0.05) is 5.56 Å². The molecule has 6 heteroatoms. The Balaban J connectivity index is 2.96. The first-order chi connectivity index (χ1) is 7.69. The van der Waals surface area contributed by atoms with Crippen LogP contribution in [0.4, 0.5) is 0 Å². The predicted octanol–water partition coefficient (Wildman–Crippen LogP) is 0.894. The molecule has 0 amide bonds. The van der Waals surface area contributed by atoms with Crippen molar-refractivity contribution in [3.63, 3.8) is 0 Å². The van der Waals surface area contributed by atoms with Crippen molar-refractivity contribution >= 4 is 29.9 Å². The van der Waals surface area contributed by atoms with Crippen LogP contribution in [0.25, 0.3) is 0 Å². The summed E-state index contributed by atoms with van der Waals surface area (Å²) in [6.45, 7) is 0.148. The molecule has 3 N–H and O–H groups in total. The molecule has 0 heterocycles. The van der Waals surface area contributed by atoms with E-state index in [9.17, 15) is 4.79 Å². The third-order valence-electron chi connectivity index (χ3n) is 1.85. The van der Waals surface area contributed by atoms with Crippen LogP contribution in [0, 0.1) is 0 Å². The lowest BCUT2D eigenvalue weighted by Crippen LogP contribution is -2.22. The van der Waals surface area contributed by atoms with E-state index >= 15 is 0 Å². The van der Waals surface area contributed by atoms with Crippen molar-refractivity contribution in [3.8, 4) is 0 Å². The van der Waals surface area contributed by atoms with Crippen LogP contribution in [-0.4, -0.2) is 34.5 Å². The molecule has 16 heavy (non-hydrogen) atoms. The Kier molecular flexibility index (Phi) is 4.56. The monoisotopic (exact) mass is 237 g/mol. The number of carboxylic acids is 1. The highest BCUT2D eigenvalue weighted by Crippen LogP contribution is 2.06. The Morgan fingerprint density at radius 2 is 2.25 bits per heavy atom. The van der Waals surface area contributed by atoms with Crippen molar-refractivity contribution in [1.29, 1.82) is 0 Å². The minimum absolute atomic E-state index is 0.148. The van der Waals surface area contributed by atoms with Crippen LogP contribution in [0.15, 0.2) is 29.4 Å². The minimum Gasteiger partial charge on any atom is -0.478 e. The molecule has 0 atom stereocenters. The topological polar surface area (TPSA) is 78.9 Å². The third kappa shape index (κ3) is 3.11. The molecular weight excluding hydrogens is 226 g/mol. The maximum absolute atomic E-state index is 10.9. The predicted molar refractivity (Wildman–Crippen MR) is 65.5 cm³/mol. The van der Waals surface area contributed by atoms with E-state index in [0.717, 1.165) is 0 Å². The number of thiocarbonyl (C=S) groups is 1. The molecule has 0 spiro atoms. The van der Waals surface area contributed by atoms with Crippen LogP contribution in [0.5, 0.6) is 0 Å². The molecule has 0 aliphatic carbocycles. The summed E-state index contributed by atoms with van der Waals surface area (Å²) in [4.78, 5) is 10.9. The van der Waals surface area contributed by atoms with E-state index in [1.54, 1.807) is 18.2 Å². The summed E-state index contributed by atoms with van der Waals surface area (Å²) in [6.07, 6.45) is 1.42. The lowest BCUT2D eigenvalue weighted by molar-refractivity contribution is 0.0697. The van der Waals surface area contributed by atoms with Crippen LogP contribution in [0.2, 0.25) is 0 Å². The molecule has 0 fully saturated rings. The zero-order valence-corrected chi connectivity index (χ0v) is 9.22. The van der Waals surface area contributed by atoms with Gasteiger partial charge in [-0.1, -0.05) is 30.4 Å². The standard InChI is InChI=1S/C10H11N3O2S/c11-6-13(7-16)12-5-8-3-1-2-4-9(8)10(14)15/h1-5,7H,6,11H2,(H,14,15)/b12-5+. The maximum atomic E-state index is 10.9. The van der Waals surface area contributed by atoms with Crippen LogP contribution < -0.4 is 5.73 Å². The Hall–Kier alpha value is -1.79. The van der Waals surface area contributed by atoms with Crippen molar-refractivity contribution in [2.45, 2.75) is 0 Å². The van der Waals surface area contributed by atoms with Crippen molar-refractivity contribution in [1.82, 2.24) is 5.01 Å². The highest BCUT2D eigenvalue weighted by atomic mass is 32.1. The molecular formula is C10H11N3O2S. The smallest absolute Gasteiger partial charge is 0.336 e. The third-order valence-corrected chi connectivity index (χ3v) is 2.09. The van der Waals surface area contributed by atoms with Gasteiger partial charge in [0.2, 0.25) is 0 Å². The van der Waals surface area contributed by atoms with Gasteiger partial charge in [-0.25, -0.2) is 9.80 Å². The number of nitrogens with two attached hydrogens (primary N) is 1. The summed E-state index contributed by atoms with van der Waals surface area (Å²) in [6, 6.07) is 6.55. The first-order valence-corrected chi connectivity index (χ1v) is 4.94. The summed E-state index contributed by atoms with van der Waals surface area (Å²) in [7, 11) is 0. The lowest BCUT2D eigenvalue weighted by atomic mass is 10.1. The molecule has 1 rings (SSSR count). The second-order valence-electron chi connectivity index (χ2n) is 2.86. The van der Waals surface area contributed by atoms with Crippen molar-refractivity contribution in [2.75, 3.05) is 6.67 Å². The number of hydrogen-bond donors (Lipinski definition) is 2. The van der Waals surface area contributed by atoms with Crippen LogP contribution >= 0.6 is 12.2 Å². The normalized spacial score (nSPS) is 10.3. The molecule has 0 radical (unpaired) electrons. The van der Waals surface area contributed by atoms with Crippen LogP contribution in [-0.2, 0) is 0 Å². The number of carbonyl (C=O) groups is 1. The number of hydrazone groups is 1. The fourth-order valence-corrected chi connectivity index (χ4v) is 1.20. The molecule has 0 saturated carbocycles.